The molecule has 0 aliphatic carbocycles. The van der Waals surface area contributed by atoms with Gasteiger partial charge in [0.05, 0.1) is 5.69 Å². The average molecular weight is 251 g/mol. The van der Waals surface area contributed by atoms with E-state index in [4.69, 9.17) is 4.52 Å². The second-order valence-electron chi connectivity index (χ2n) is 5.80. The largest absolute Gasteiger partial charge is 0.361 e. The van der Waals surface area contributed by atoms with Crippen LogP contribution >= 0.6 is 0 Å². The number of rotatable bonds is 4. The van der Waals surface area contributed by atoms with Crippen LogP contribution in [0.25, 0.3) is 0 Å². The van der Waals surface area contributed by atoms with Gasteiger partial charge < -0.3 is 9.84 Å². The second-order valence-corrected chi connectivity index (χ2v) is 5.80. The smallest absolute Gasteiger partial charge is 0.133 e. The molecule has 0 aromatic carbocycles. The summed E-state index contributed by atoms with van der Waals surface area (Å²) < 4.78 is 5.14. The monoisotopic (exact) mass is 251 g/mol. The summed E-state index contributed by atoms with van der Waals surface area (Å²) in [5, 5.41) is 7.74. The maximum absolute atomic E-state index is 5.14. The Labute approximate surface area is 110 Å². The minimum Gasteiger partial charge on any atom is -0.361 e. The van der Waals surface area contributed by atoms with Gasteiger partial charge in [0.25, 0.3) is 0 Å². The van der Waals surface area contributed by atoms with Crippen molar-refractivity contribution < 1.29 is 4.52 Å². The summed E-state index contributed by atoms with van der Waals surface area (Å²) in [5.41, 5.74) is 1.05. The van der Waals surface area contributed by atoms with Crippen molar-refractivity contribution in [3.63, 3.8) is 0 Å². The molecule has 0 amide bonds. The molecule has 2 heterocycles. The molecule has 1 aromatic rings. The van der Waals surface area contributed by atoms with Crippen molar-refractivity contribution >= 4 is 0 Å². The van der Waals surface area contributed by atoms with Gasteiger partial charge >= 0.3 is 0 Å². The van der Waals surface area contributed by atoms with Crippen molar-refractivity contribution in [2.75, 3.05) is 19.6 Å². The summed E-state index contributed by atoms with van der Waals surface area (Å²) in [6.07, 6.45) is 2.46. The van der Waals surface area contributed by atoms with Gasteiger partial charge in [0.1, 0.15) is 5.76 Å². The van der Waals surface area contributed by atoms with Crippen molar-refractivity contribution in [1.29, 1.82) is 0 Å². The molecule has 1 atom stereocenters. The van der Waals surface area contributed by atoms with Gasteiger partial charge in [-0.25, -0.2) is 0 Å². The minimum absolute atomic E-state index is 0.612. The first kappa shape index (κ1) is 13.6. The Bertz CT molecular complexity index is 362. The van der Waals surface area contributed by atoms with E-state index in [1.54, 1.807) is 0 Å². The van der Waals surface area contributed by atoms with Crippen molar-refractivity contribution in [2.24, 2.45) is 5.92 Å². The van der Waals surface area contributed by atoms with Gasteiger partial charge in [-0.05, 0) is 38.8 Å². The van der Waals surface area contributed by atoms with E-state index in [0.717, 1.165) is 43.6 Å². The molecule has 1 aliphatic heterocycles. The number of hydrogen-bond acceptors (Lipinski definition) is 4. The highest BCUT2D eigenvalue weighted by Gasteiger charge is 2.19. The van der Waals surface area contributed by atoms with Crippen LogP contribution in [0.1, 0.15) is 38.1 Å². The Balaban J connectivity index is 1.90. The third-order valence-electron chi connectivity index (χ3n) is 3.38. The van der Waals surface area contributed by atoms with E-state index in [0.29, 0.717) is 6.04 Å². The Kier molecular flexibility index (Phi) is 4.78. The average Bonchev–Trinajstić information content (AvgIpc) is 2.56. The molecule has 1 unspecified atom stereocenters. The lowest BCUT2D eigenvalue weighted by Gasteiger charge is -2.24. The zero-order chi connectivity index (χ0) is 13.0. The highest BCUT2D eigenvalue weighted by atomic mass is 16.5. The maximum Gasteiger partial charge on any atom is 0.133 e. The molecule has 0 bridgehead atoms. The lowest BCUT2D eigenvalue weighted by Crippen LogP contribution is -2.38. The predicted molar refractivity (Wildman–Crippen MR) is 72.4 cm³/mol. The summed E-state index contributed by atoms with van der Waals surface area (Å²) >= 11 is 0. The molecule has 4 nitrogen and oxygen atoms in total. The van der Waals surface area contributed by atoms with Gasteiger partial charge in [-0.15, -0.1) is 0 Å². The van der Waals surface area contributed by atoms with Crippen LogP contribution in [-0.2, 0) is 6.54 Å². The van der Waals surface area contributed by atoms with Gasteiger partial charge in [0, 0.05) is 25.2 Å². The lowest BCUT2D eigenvalue weighted by atomic mass is 10.0. The van der Waals surface area contributed by atoms with Crippen molar-refractivity contribution in [2.45, 2.75) is 46.2 Å². The third kappa shape index (κ3) is 4.10. The van der Waals surface area contributed by atoms with Crippen LogP contribution in [0.15, 0.2) is 10.6 Å². The molecule has 0 spiro atoms. The van der Waals surface area contributed by atoms with E-state index in [2.05, 4.69) is 29.2 Å². The first-order valence-electron chi connectivity index (χ1n) is 7.01. The molecular weight excluding hydrogens is 226 g/mol. The zero-order valence-corrected chi connectivity index (χ0v) is 11.8. The quantitative estimate of drug-likeness (QED) is 0.890. The molecule has 1 aliphatic rings. The molecule has 1 saturated heterocycles. The Morgan fingerprint density at radius 3 is 3.06 bits per heavy atom. The Hall–Kier alpha value is -0.870. The molecule has 4 heteroatoms. The summed E-state index contributed by atoms with van der Waals surface area (Å²) in [5.74, 6) is 1.65. The van der Waals surface area contributed by atoms with Gasteiger partial charge in [0.15, 0.2) is 0 Å². The highest BCUT2D eigenvalue weighted by molar-refractivity contribution is 5.03. The fourth-order valence-electron chi connectivity index (χ4n) is 2.67. The zero-order valence-electron chi connectivity index (χ0n) is 11.8. The van der Waals surface area contributed by atoms with Crippen LogP contribution in [0.4, 0.5) is 0 Å². The number of aryl methyl sites for hydroxylation is 1. The fourth-order valence-corrected chi connectivity index (χ4v) is 2.67. The summed E-state index contributed by atoms with van der Waals surface area (Å²) in [6, 6.07) is 2.65. The molecule has 0 radical (unpaired) electrons. The molecule has 2 rings (SSSR count). The second kappa shape index (κ2) is 6.34. The predicted octanol–water partition coefficient (Wildman–Crippen LogP) is 2.19. The molecule has 102 valence electrons. The first-order chi connectivity index (χ1) is 8.63. The molecule has 18 heavy (non-hydrogen) atoms. The number of aromatic nitrogens is 1. The normalized spacial score (nSPS) is 22.3. The van der Waals surface area contributed by atoms with E-state index in [1.807, 2.05) is 13.0 Å². The van der Waals surface area contributed by atoms with E-state index >= 15 is 0 Å². The van der Waals surface area contributed by atoms with Gasteiger partial charge in [-0.1, -0.05) is 19.0 Å². The molecular formula is C14H25N3O. The Morgan fingerprint density at radius 1 is 1.56 bits per heavy atom. The number of hydrogen-bond donors (Lipinski definition) is 1. The van der Waals surface area contributed by atoms with E-state index < -0.39 is 0 Å². The SMILES string of the molecule is Cc1cc(CN2CCCNC(CC(C)C)C2)no1. The van der Waals surface area contributed by atoms with Gasteiger partial charge in [0.2, 0.25) is 0 Å². The summed E-state index contributed by atoms with van der Waals surface area (Å²) in [6.45, 7) is 10.8. The Morgan fingerprint density at radius 2 is 2.39 bits per heavy atom. The van der Waals surface area contributed by atoms with Crippen LogP contribution in [0.2, 0.25) is 0 Å². The summed E-state index contributed by atoms with van der Waals surface area (Å²) in [4.78, 5) is 2.49. The van der Waals surface area contributed by atoms with Crippen LogP contribution in [0.5, 0.6) is 0 Å². The third-order valence-corrected chi connectivity index (χ3v) is 3.38. The van der Waals surface area contributed by atoms with Crippen LogP contribution in [-0.4, -0.2) is 35.7 Å². The van der Waals surface area contributed by atoms with Crippen molar-refractivity contribution in [3.05, 3.63) is 17.5 Å². The van der Waals surface area contributed by atoms with Crippen LogP contribution in [0, 0.1) is 12.8 Å². The number of nitrogens with one attached hydrogen (secondary N) is 1. The highest BCUT2D eigenvalue weighted by Crippen LogP contribution is 2.12. The van der Waals surface area contributed by atoms with E-state index in [9.17, 15) is 0 Å². The van der Waals surface area contributed by atoms with Crippen molar-refractivity contribution in [3.8, 4) is 0 Å². The standard InChI is InChI=1S/C14H25N3O/c1-11(2)7-13-9-17(6-4-5-15-13)10-14-8-12(3)18-16-14/h8,11,13,15H,4-7,9-10H2,1-3H3. The van der Waals surface area contributed by atoms with Gasteiger partial charge in [-0.2, -0.15) is 0 Å². The van der Waals surface area contributed by atoms with E-state index in [-0.39, 0.29) is 0 Å². The number of nitrogens with zero attached hydrogens (tertiary/aromatic N) is 2. The van der Waals surface area contributed by atoms with Crippen LogP contribution < -0.4 is 5.32 Å². The maximum atomic E-state index is 5.14. The molecule has 1 N–H and O–H groups in total. The fraction of sp³-hybridized carbons (Fsp3) is 0.786. The molecule has 0 saturated carbocycles. The van der Waals surface area contributed by atoms with Crippen LogP contribution in [0.3, 0.4) is 0 Å². The molecule has 1 fully saturated rings. The molecule has 1 aromatic heterocycles. The minimum atomic E-state index is 0.612. The topological polar surface area (TPSA) is 41.3 Å². The summed E-state index contributed by atoms with van der Waals surface area (Å²) in [7, 11) is 0. The first-order valence-corrected chi connectivity index (χ1v) is 7.01. The van der Waals surface area contributed by atoms with E-state index in [1.165, 1.54) is 12.8 Å². The van der Waals surface area contributed by atoms with Gasteiger partial charge in [-0.3, -0.25) is 4.90 Å². The van der Waals surface area contributed by atoms with Crippen molar-refractivity contribution in [1.82, 2.24) is 15.4 Å². The lowest BCUT2D eigenvalue weighted by molar-refractivity contribution is 0.240.